The summed E-state index contributed by atoms with van der Waals surface area (Å²) in [5.41, 5.74) is 19.2. The van der Waals surface area contributed by atoms with Gasteiger partial charge in [0.2, 0.25) is 0 Å². The molecule has 0 fully saturated rings. The summed E-state index contributed by atoms with van der Waals surface area (Å²) in [7, 11) is 0. The zero-order valence-corrected chi connectivity index (χ0v) is 35.6. The first-order chi connectivity index (χ1) is 32.2. The van der Waals surface area contributed by atoms with Crippen LogP contribution in [-0.2, 0) is 5.41 Å². The van der Waals surface area contributed by atoms with Gasteiger partial charge in [-0.15, -0.1) is 0 Å². The van der Waals surface area contributed by atoms with Crippen molar-refractivity contribution < 1.29 is 0 Å². The van der Waals surface area contributed by atoms with Gasteiger partial charge in [0.25, 0.3) is 0 Å². The van der Waals surface area contributed by atoms with Gasteiger partial charge < -0.3 is 0 Å². The number of fused-ring (bicyclic) bond motifs is 4. The molecule has 0 amide bonds. The molecule has 11 aromatic rings. The molecule has 304 valence electrons. The van der Waals surface area contributed by atoms with E-state index >= 15 is 0 Å². The third-order valence-corrected chi connectivity index (χ3v) is 13.2. The van der Waals surface area contributed by atoms with Crippen molar-refractivity contribution in [1.82, 2.24) is 9.97 Å². The largest absolute Gasteiger partial charge is 0.228 e. The molecule has 0 aliphatic heterocycles. The first-order valence-electron chi connectivity index (χ1n) is 22.3. The summed E-state index contributed by atoms with van der Waals surface area (Å²) in [4.78, 5) is 10.5. The van der Waals surface area contributed by atoms with Crippen LogP contribution in [0.4, 0.5) is 0 Å². The second-order valence-electron chi connectivity index (χ2n) is 16.8. The molecule has 10 aromatic carbocycles. The Hall–Kier alpha value is -8.46. The Labute approximate surface area is 379 Å². The molecule has 2 heteroatoms. The van der Waals surface area contributed by atoms with Gasteiger partial charge in [-0.25, -0.2) is 9.97 Å². The smallest absolute Gasteiger partial charge is 0.160 e. The van der Waals surface area contributed by atoms with E-state index in [-0.39, 0.29) is 0 Å². The van der Waals surface area contributed by atoms with E-state index in [1.54, 1.807) is 0 Å². The fourth-order valence-corrected chi connectivity index (χ4v) is 10.3. The van der Waals surface area contributed by atoms with Crippen LogP contribution in [0.2, 0.25) is 0 Å². The Morgan fingerprint density at radius 3 is 1.42 bits per heavy atom. The first kappa shape index (κ1) is 38.2. The number of hydrogen-bond acceptors (Lipinski definition) is 2. The highest BCUT2D eigenvalue weighted by Gasteiger charge is 2.46. The summed E-state index contributed by atoms with van der Waals surface area (Å²) in [6.45, 7) is 0. The van der Waals surface area contributed by atoms with Crippen molar-refractivity contribution in [2.75, 3.05) is 0 Å². The SMILES string of the molecule is c1ccc(-c2ccc(-c3nc(-c4ccccc4)cc(-c4ccc(-c5cccc(-c6cccc7c6-c6ccccc6C7(c6ccccc6)c6ccccc6)c5)c5ccccc45)n3)cc2)cc1. The van der Waals surface area contributed by atoms with Gasteiger partial charge in [0.1, 0.15) is 0 Å². The average Bonchev–Trinajstić information content (AvgIpc) is 3.70. The summed E-state index contributed by atoms with van der Waals surface area (Å²) < 4.78 is 0. The molecule has 0 unspecified atom stereocenters. The van der Waals surface area contributed by atoms with Crippen molar-refractivity contribution in [1.29, 1.82) is 0 Å². The highest BCUT2D eigenvalue weighted by molar-refractivity contribution is 6.05. The molecule has 1 aromatic heterocycles. The lowest BCUT2D eigenvalue weighted by molar-refractivity contribution is 0.768. The lowest BCUT2D eigenvalue weighted by atomic mass is 9.67. The third kappa shape index (κ3) is 6.50. The van der Waals surface area contributed by atoms with E-state index < -0.39 is 5.41 Å². The zero-order chi connectivity index (χ0) is 43.2. The summed E-state index contributed by atoms with van der Waals surface area (Å²) in [6.07, 6.45) is 0. The Balaban J connectivity index is 0.988. The van der Waals surface area contributed by atoms with Crippen molar-refractivity contribution in [2.45, 2.75) is 5.41 Å². The molecule has 65 heavy (non-hydrogen) atoms. The Bertz CT molecular complexity index is 3470. The molecule has 1 heterocycles. The molecule has 12 rings (SSSR count). The van der Waals surface area contributed by atoms with Crippen molar-refractivity contribution in [3.05, 3.63) is 277 Å². The van der Waals surface area contributed by atoms with Crippen molar-refractivity contribution in [3.63, 3.8) is 0 Å². The maximum absolute atomic E-state index is 5.30. The van der Waals surface area contributed by atoms with Gasteiger partial charge in [-0.05, 0) is 89.7 Å². The Morgan fingerprint density at radius 1 is 0.262 bits per heavy atom. The van der Waals surface area contributed by atoms with E-state index in [2.05, 4.69) is 243 Å². The second kappa shape index (κ2) is 16.0. The van der Waals surface area contributed by atoms with E-state index in [1.165, 1.54) is 66.6 Å². The predicted octanol–water partition coefficient (Wildman–Crippen LogP) is 16.0. The number of rotatable bonds is 8. The molecule has 0 bridgehead atoms. The van der Waals surface area contributed by atoms with Crippen LogP contribution in [0.3, 0.4) is 0 Å². The molecule has 0 atom stereocenters. The quantitative estimate of drug-likeness (QED) is 0.152. The second-order valence-corrected chi connectivity index (χ2v) is 16.8. The molecule has 0 saturated heterocycles. The van der Waals surface area contributed by atoms with Crippen LogP contribution in [0.5, 0.6) is 0 Å². The van der Waals surface area contributed by atoms with Crippen LogP contribution >= 0.6 is 0 Å². The molecular weight excluding hydrogens is 785 g/mol. The fraction of sp³-hybridized carbons (Fsp3) is 0.0159. The standard InChI is InChI=1S/C63H42N2/c1-5-19-43(20-6-1)44-35-37-46(38-36-44)62-64-59(45-21-7-2-8-22-45)42-60(65-62)55-40-39-51(53-29-13-14-30-54(53)55)47-23-17-24-48(41-47)52-32-18-34-58-61(52)56-31-15-16-33-57(56)63(58,49-25-9-3-10-26-49)50-27-11-4-12-28-50/h1-42H. The average molecular weight is 827 g/mol. The van der Waals surface area contributed by atoms with Gasteiger partial charge in [0, 0.05) is 16.7 Å². The summed E-state index contributed by atoms with van der Waals surface area (Å²) in [5, 5.41) is 2.31. The van der Waals surface area contributed by atoms with E-state index in [0.29, 0.717) is 5.82 Å². The maximum atomic E-state index is 5.30. The highest BCUT2D eigenvalue weighted by atomic mass is 14.9. The Kier molecular flexibility index (Phi) is 9.43. The minimum Gasteiger partial charge on any atom is -0.228 e. The maximum Gasteiger partial charge on any atom is 0.160 e. The van der Waals surface area contributed by atoms with Crippen LogP contribution in [-0.4, -0.2) is 9.97 Å². The number of hydrogen-bond donors (Lipinski definition) is 0. The molecule has 0 saturated carbocycles. The van der Waals surface area contributed by atoms with E-state index in [9.17, 15) is 0 Å². The van der Waals surface area contributed by atoms with Crippen LogP contribution in [0, 0.1) is 0 Å². The van der Waals surface area contributed by atoms with E-state index in [0.717, 1.165) is 39.0 Å². The minimum atomic E-state index is -0.457. The van der Waals surface area contributed by atoms with Crippen LogP contribution in [0.15, 0.2) is 255 Å². The summed E-state index contributed by atoms with van der Waals surface area (Å²) in [5.74, 6) is 0.697. The van der Waals surface area contributed by atoms with Crippen LogP contribution in [0.1, 0.15) is 22.3 Å². The van der Waals surface area contributed by atoms with Crippen molar-refractivity contribution in [2.24, 2.45) is 0 Å². The third-order valence-electron chi connectivity index (χ3n) is 13.2. The summed E-state index contributed by atoms with van der Waals surface area (Å²) >= 11 is 0. The number of benzene rings is 10. The van der Waals surface area contributed by atoms with E-state index in [4.69, 9.17) is 9.97 Å². The number of aromatic nitrogens is 2. The first-order valence-corrected chi connectivity index (χ1v) is 22.3. The van der Waals surface area contributed by atoms with E-state index in [1.807, 2.05) is 12.1 Å². The van der Waals surface area contributed by atoms with Crippen molar-refractivity contribution in [3.8, 4) is 78.4 Å². The zero-order valence-electron chi connectivity index (χ0n) is 35.6. The fourth-order valence-electron chi connectivity index (χ4n) is 10.3. The molecule has 0 N–H and O–H groups in total. The lowest BCUT2D eigenvalue weighted by Crippen LogP contribution is -2.28. The number of nitrogens with zero attached hydrogens (tertiary/aromatic N) is 2. The van der Waals surface area contributed by atoms with Gasteiger partial charge in [-0.2, -0.15) is 0 Å². The van der Waals surface area contributed by atoms with Gasteiger partial charge in [-0.1, -0.05) is 243 Å². The lowest BCUT2D eigenvalue weighted by Gasteiger charge is -2.34. The van der Waals surface area contributed by atoms with Crippen molar-refractivity contribution >= 4 is 10.8 Å². The van der Waals surface area contributed by atoms with Crippen LogP contribution < -0.4 is 0 Å². The minimum absolute atomic E-state index is 0.457. The summed E-state index contributed by atoms with van der Waals surface area (Å²) in [6, 6.07) is 91.9. The molecular formula is C63H42N2. The topological polar surface area (TPSA) is 25.8 Å². The molecule has 2 nitrogen and oxygen atoms in total. The Morgan fingerprint density at radius 2 is 0.723 bits per heavy atom. The van der Waals surface area contributed by atoms with Gasteiger partial charge in [-0.3, -0.25) is 0 Å². The highest BCUT2D eigenvalue weighted by Crippen LogP contribution is 2.58. The van der Waals surface area contributed by atoms with Gasteiger partial charge in [0.15, 0.2) is 5.82 Å². The molecule has 0 radical (unpaired) electrons. The monoisotopic (exact) mass is 826 g/mol. The molecule has 1 aliphatic rings. The van der Waals surface area contributed by atoms with Crippen LogP contribution in [0.25, 0.3) is 89.2 Å². The molecule has 1 aliphatic carbocycles. The van der Waals surface area contributed by atoms with Gasteiger partial charge in [0.05, 0.1) is 16.8 Å². The normalized spacial score (nSPS) is 12.4. The van der Waals surface area contributed by atoms with Gasteiger partial charge >= 0.3 is 0 Å². The molecule has 0 spiro atoms. The predicted molar refractivity (Wildman–Crippen MR) is 269 cm³/mol.